The van der Waals surface area contributed by atoms with E-state index < -0.39 is 6.16 Å². The summed E-state index contributed by atoms with van der Waals surface area (Å²) in [6.07, 6.45) is 5.68. The number of aliphatic imine (C=N–C) groups is 1. The van der Waals surface area contributed by atoms with Crippen molar-refractivity contribution in [1.82, 2.24) is 5.32 Å². The number of nitrogens with zero attached hydrogens (tertiary/aromatic N) is 2. The molecule has 9 heteroatoms. The topological polar surface area (TPSA) is 92.0 Å². The van der Waals surface area contributed by atoms with Crippen molar-refractivity contribution in [3.63, 3.8) is 0 Å². The average Bonchev–Trinajstić information content (AvgIpc) is 2.76. The quantitative estimate of drug-likeness (QED) is 0.148. The first kappa shape index (κ1) is 26.8. The van der Waals surface area contributed by atoms with Crippen LogP contribution in [0.25, 0.3) is 0 Å². The van der Waals surface area contributed by atoms with E-state index in [1.54, 1.807) is 25.3 Å². The maximum absolute atomic E-state index is 12.6. The van der Waals surface area contributed by atoms with Crippen LogP contribution in [0.4, 0.5) is 10.5 Å². The Labute approximate surface area is 236 Å². The van der Waals surface area contributed by atoms with Crippen molar-refractivity contribution in [3.8, 4) is 5.75 Å². The number of nitrogens with one attached hydrogen (secondary N) is 2. The summed E-state index contributed by atoms with van der Waals surface area (Å²) in [5.74, 6) is 0.0298. The van der Waals surface area contributed by atoms with E-state index in [-0.39, 0.29) is 69.9 Å². The number of benzene rings is 2. The fourth-order valence-corrected chi connectivity index (χ4v) is 2.83. The molecular weight excluding hydrogens is 447 g/mol. The van der Waals surface area contributed by atoms with Gasteiger partial charge in [0.2, 0.25) is 0 Å². The zero-order valence-corrected chi connectivity index (χ0v) is 22.3. The molecule has 2 aromatic rings. The number of hydrogen-bond donors (Lipinski definition) is 2. The fourth-order valence-electron chi connectivity index (χ4n) is 2.83. The number of rotatable bonds is 8. The van der Waals surface area contributed by atoms with E-state index >= 15 is 0 Å². The molecule has 1 heterocycles. The van der Waals surface area contributed by atoms with Crippen molar-refractivity contribution in [1.29, 1.82) is 0 Å². The van der Waals surface area contributed by atoms with Gasteiger partial charge in [0.25, 0.3) is 5.91 Å². The number of carbonyl (C=O) groups is 2. The van der Waals surface area contributed by atoms with Gasteiger partial charge in [-0.25, -0.2) is 4.79 Å². The zero-order valence-electron chi connectivity index (χ0n) is 19.2. The maximum Gasteiger partial charge on any atom is 1.00 e. The normalized spacial score (nSPS) is 14.3. The number of ether oxygens (including phenoxy) is 2. The molecule has 1 atom stereocenters. The minimum atomic E-state index is -0.781. The number of amides is 1. The van der Waals surface area contributed by atoms with Gasteiger partial charge in [0.15, 0.2) is 0 Å². The molecule has 3 rings (SSSR count). The molecule has 0 aliphatic carbocycles. The van der Waals surface area contributed by atoms with Crippen LogP contribution in [0.15, 0.2) is 59.7 Å². The van der Waals surface area contributed by atoms with Crippen molar-refractivity contribution >= 4 is 29.7 Å². The molecule has 1 unspecified atom stereocenters. The second kappa shape index (κ2) is 13.3. The van der Waals surface area contributed by atoms with Gasteiger partial charge in [-0.05, 0) is 55.8 Å². The molecule has 0 bridgehead atoms. The smallest absolute Gasteiger partial charge is 0.560 e. The van der Waals surface area contributed by atoms with Crippen LogP contribution in [0.5, 0.6) is 5.75 Å². The molecule has 166 valence electrons. The minimum absolute atomic E-state index is 0. The fraction of sp³-hybridized carbons (Fsp3) is 0.208. The van der Waals surface area contributed by atoms with E-state index in [1.807, 2.05) is 55.6 Å². The predicted octanol–water partition coefficient (Wildman–Crippen LogP) is 0.733. The van der Waals surface area contributed by atoms with E-state index in [4.69, 9.17) is 9.47 Å². The molecule has 1 amide bonds. The van der Waals surface area contributed by atoms with Crippen LogP contribution >= 0.6 is 0 Å². The Bertz CT molecular complexity index is 1060. The first-order chi connectivity index (χ1) is 15.4. The van der Waals surface area contributed by atoms with Crippen LogP contribution in [-0.2, 0) is 4.74 Å². The van der Waals surface area contributed by atoms with Gasteiger partial charge in [0, 0.05) is 17.3 Å². The Kier molecular flexibility index (Phi) is 10.8. The van der Waals surface area contributed by atoms with Crippen LogP contribution in [0.3, 0.4) is 0 Å². The van der Waals surface area contributed by atoms with Crippen LogP contribution in [0.1, 0.15) is 35.8 Å². The number of anilines is 1. The standard InChI is InChI=1S/C24H25N4O4.K/c1-4-31-24(30)32-22-10-8-18(9-11-22)23(29)27-20-7-5-6-19(14-20)17(2)25-12-13-26-21-15-28(3)16-21;/h5-11,13-17,25H,4H2,1-3H3,(H,27,29);/q-1;+1. The summed E-state index contributed by atoms with van der Waals surface area (Å²) in [5, 5.41) is 6.01. The van der Waals surface area contributed by atoms with Crippen molar-refractivity contribution in [2.45, 2.75) is 19.9 Å². The molecule has 0 saturated heterocycles. The van der Waals surface area contributed by atoms with Crippen LogP contribution in [0.2, 0.25) is 0 Å². The monoisotopic (exact) mass is 472 g/mol. The minimum Gasteiger partial charge on any atom is -0.560 e. The second-order valence-electron chi connectivity index (χ2n) is 7.01. The largest absolute Gasteiger partial charge is 1.00 e. The van der Waals surface area contributed by atoms with Gasteiger partial charge in [-0.15, -0.1) is 6.20 Å². The zero-order chi connectivity index (χ0) is 22.9. The van der Waals surface area contributed by atoms with E-state index in [0.29, 0.717) is 17.0 Å². The molecular formula is C24H25KN4O4. The molecule has 0 aromatic heterocycles. The van der Waals surface area contributed by atoms with Gasteiger partial charge < -0.3 is 35.9 Å². The summed E-state index contributed by atoms with van der Waals surface area (Å²) in [6.45, 7) is 5.82. The molecule has 2 N–H and O–H groups in total. The van der Waals surface area contributed by atoms with E-state index in [9.17, 15) is 9.59 Å². The molecule has 0 radical (unpaired) electrons. The van der Waals surface area contributed by atoms with Gasteiger partial charge in [-0.3, -0.25) is 4.79 Å². The van der Waals surface area contributed by atoms with Crippen molar-refractivity contribution in [2.24, 2.45) is 4.99 Å². The molecule has 1 aliphatic heterocycles. The molecule has 0 saturated carbocycles. The van der Waals surface area contributed by atoms with Crippen LogP contribution in [-0.4, -0.2) is 42.2 Å². The van der Waals surface area contributed by atoms with Gasteiger partial charge in [0.05, 0.1) is 25.1 Å². The Morgan fingerprint density at radius 1 is 1.24 bits per heavy atom. The summed E-state index contributed by atoms with van der Waals surface area (Å²) in [7, 11) is 1.94. The SMILES string of the molecule is CCOC(=O)Oc1ccc(C(=O)Nc2cccc(C(C)N[C-]=CN=C3C=[N+](C)[CH-]3)c2)cc1.[K+]. The van der Waals surface area contributed by atoms with Crippen LogP contribution in [0, 0.1) is 12.7 Å². The molecule has 0 spiro atoms. The van der Waals surface area contributed by atoms with Crippen molar-refractivity contribution in [2.75, 3.05) is 19.0 Å². The Morgan fingerprint density at radius 3 is 2.64 bits per heavy atom. The molecule has 1 aliphatic rings. The molecule has 8 nitrogen and oxygen atoms in total. The summed E-state index contributed by atoms with van der Waals surface area (Å²) in [6, 6.07) is 13.7. The third kappa shape index (κ3) is 8.45. The van der Waals surface area contributed by atoms with Gasteiger partial charge >= 0.3 is 57.5 Å². The Hall–Kier alpha value is -2.43. The second-order valence-corrected chi connectivity index (χ2v) is 7.01. The summed E-state index contributed by atoms with van der Waals surface area (Å²) in [4.78, 5) is 28.2. The predicted molar refractivity (Wildman–Crippen MR) is 122 cm³/mol. The molecule has 33 heavy (non-hydrogen) atoms. The Morgan fingerprint density at radius 2 is 1.97 bits per heavy atom. The summed E-state index contributed by atoms with van der Waals surface area (Å²) >= 11 is 0. The number of hydrogen-bond acceptors (Lipinski definition) is 6. The first-order valence-electron chi connectivity index (χ1n) is 10.1. The van der Waals surface area contributed by atoms with Gasteiger partial charge in [-0.2, -0.15) is 0 Å². The number of carbonyl (C=O) groups excluding carboxylic acids is 2. The van der Waals surface area contributed by atoms with Gasteiger partial charge in [-0.1, -0.05) is 12.1 Å². The molecule has 0 fully saturated rings. The Balaban J connectivity index is 0.00000385. The maximum atomic E-state index is 12.6. The third-order valence-corrected chi connectivity index (χ3v) is 4.47. The molecule has 2 aromatic carbocycles. The third-order valence-electron chi connectivity index (χ3n) is 4.47. The van der Waals surface area contributed by atoms with E-state index in [1.165, 1.54) is 12.1 Å². The van der Waals surface area contributed by atoms with Crippen molar-refractivity contribution < 1.29 is 75.0 Å². The first-order valence-corrected chi connectivity index (χ1v) is 10.1. The summed E-state index contributed by atoms with van der Waals surface area (Å²) < 4.78 is 11.6. The van der Waals surface area contributed by atoms with E-state index in [0.717, 1.165) is 11.3 Å². The van der Waals surface area contributed by atoms with Crippen molar-refractivity contribution in [3.05, 3.63) is 78.6 Å². The van der Waals surface area contributed by atoms with E-state index in [2.05, 4.69) is 21.8 Å². The van der Waals surface area contributed by atoms with Crippen LogP contribution < -0.4 is 66.8 Å². The summed E-state index contributed by atoms with van der Waals surface area (Å²) in [5.41, 5.74) is 2.97. The van der Waals surface area contributed by atoms with Gasteiger partial charge in [0.1, 0.15) is 12.8 Å². The average molecular weight is 473 g/mol.